The molecule has 1 aromatic heterocycles. The van der Waals surface area contributed by atoms with Crippen molar-refractivity contribution in [2.24, 2.45) is 0 Å². The van der Waals surface area contributed by atoms with Gasteiger partial charge in [-0.15, -0.1) is 0 Å². The molecule has 9 nitrogen and oxygen atoms in total. The molecule has 36 heavy (non-hydrogen) atoms. The van der Waals surface area contributed by atoms with Gasteiger partial charge in [0, 0.05) is 42.8 Å². The number of nitrogens with zero attached hydrogens (tertiary/aromatic N) is 2. The summed E-state index contributed by atoms with van der Waals surface area (Å²) in [4.78, 5) is 16.3. The third-order valence-corrected chi connectivity index (χ3v) is 7.90. The van der Waals surface area contributed by atoms with E-state index in [-0.39, 0.29) is 18.9 Å². The van der Waals surface area contributed by atoms with Crippen molar-refractivity contribution in [2.45, 2.75) is 19.4 Å². The van der Waals surface area contributed by atoms with Crippen LogP contribution in [0.5, 0.6) is 0 Å². The Labute approximate surface area is 212 Å². The summed E-state index contributed by atoms with van der Waals surface area (Å²) in [6.45, 7) is 1.70. The van der Waals surface area contributed by atoms with Gasteiger partial charge in [-0.05, 0) is 55.3 Å². The van der Waals surface area contributed by atoms with Gasteiger partial charge < -0.3 is 15.0 Å². The van der Waals surface area contributed by atoms with Crippen LogP contribution in [0.3, 0.4) is 0 Å². The Kier molecular flexibility index (Phi) is 10.2. The molecule has 1 heterocycles. The van der Waals surface area contributed by atoms with Crippen molar-refractivity contribution in [3.63, 3.8) is 0 Å². The van der Waals surface area contributed by atoms with E-state index in [1.807, 2.05) is 54.5 Å². The van der Waals surface area contributed by atoms with E-state index in [9.17, 15) is 13.2 Å². The molecule has 0 spiro atoms. The third-order valence-electron chi connectivity index (χ3n) is 6.00. The summed E-state index contributed by atoms with van der Waals surface area (Å²) in [7, 11) is -1.67. The molecule has 0 aliphatic carbocycles. The fourth-order valence-electron chi connectivity index (χ4n) is 3.98. The number of sulfonamides is 1. The van der Waals surface area contributed by atoms with Crippen LogP contribution < -0.4 is 5.48 Å². The number of hydroxylamine groups is 1. The van der Waals surface area contributed by atoms with Gasteiger partial charge in [0.1, 0.15) is 0 Å². The van der Waals surface area contributed by atoms with Gasteiger partial charge in [-0.1, -0.05) is 42.5 Å². The molecule has 4 N–H and O–H groups in total. The number of amides is 1. The van der Waals surface area contributed by atoms with Gasteiger partial charge in [-0.2, -0.15) is 4.31 Å². The lowest BCUT2D eigenvalue weighted by Crippen LogP contribution is -2.35. The average molecular weight is 515 g/mol. The number of carbonyl (C=O) groups excluding carboxylic acids is 1. The minimum absolute atomic E-state index is 0.0216. The molecule has 0 aliphatic heterocycles. The summed E-state index contributed by atoms with van der Waals surface area (Å²) >= 11 is 0. The molecule has 0 aliphatic rings. The van der Waals surface area contributed by atoms with E-state index in [1.165, 1.54) is 15.9 Å². The van der Waals surface area contributed by atoms with Gasteiger partial charge in [0.05, 0.1) is 12.4 Å². The number of benzene rings is 2. The minimum atomic E-state index is -3.53. The fraction of sp³-hybridized carbons (Fsp3) is 0.346. The van der Waals surface area contributed by atoms with E-state index in [1.54, 1.807) is 18.2 Å². The maximum Gasteiger partial charge on any atom is 0.267 e. The van der Waals surface area contributed by atoms with E-state index in [0.717, 1.165) is 27.6 Å². The molecular weight excluding hydrogens is 480 g/mol. The molecular formula is C26H34N4O5S. The Balaban J connectivity index is 1.73. The second kappa shape index (κ2) is 13.3. The van der Waals surface area contributed by atoms with Crippen LogP contribution in [0, 0.1) is 0 Å². The lowest BCUT2D eigenvalue weighted by molar-refractivity contribution is -0.124. The average Bonchev–Trinajstić information content (AvgIpc) is 3.28. The number of aromatic nitrogens is 1. The number of likely N-dealkylation sites (N-methyl/N-ethyl adjacent to an activating group) is 1. The van der Waals surface area contributed by atoms with Crippen LogP contribution in [0.1, 0.15) is 23.1 Å². The number of rotatable bonds is 14. The van der Waals surface area contributed by atoms with E-state index in [2.05, 4.69) is 4.98 Å². The van der Waals surface area contributed by atoms with Gasteiger partial charge >= 0.3 is 0 Å². The molecule has 3 rings (SSSR count). The molecule has 1 amide bonds. The third kappa shape index (κ3) is 8.00. The van der Waals surface area contributed by atoms with E-state index in [4.69, 9.17) is 10.3 Å². The number of aromatic amines is 1. The van der Waals surface area contributed by atoms with Crippen LogP contribution in [-0.4, -0.2) is 77.9 Å². The van der Waals surface area contributed by atoms with Gasteiger partial charge in [0.15, 0.2) is 0 Å². The molecule has 194 valence electrons. The number of fused-ring (bicyclic) bond motifs is 1. The van der Waals surface area contributed by atoms with Gasteiger partial charge in [-0.25, -0.2) is 13.9 Å². The van der Waals surface area contributed by atoms with Crippen LogP contribution in [0.2, 0.25) is 0 Å². The second-order valence-corrected chi connectivity index (χ2v) is 10.8. The normalized spacial score (nSPS) is 12.2. The molecule has 0 saturated heterocycles. The highest BCUT2D eigenvalue weighted by Gasteiger charge is 2.22. The SMILES string of the molecule is CN(CCO)CCCS(=O)(=O)N(CCc1c[nH]c2ccccc12)Cc1ccc(C=CC(=O)NO)cc1. The standard InChI is InChI=1S/C26H34N4O5S/c1-29(16-17-31)14-4-18-36(34,35)30(15-13-23-19-27-25-6-3-2-5-24(23)25)20-22-9-7-21(8-10-22)11-12-26(32)28-33/h2-3,5-12,19,27,31,33H,4,13-18,20H2,1H3,(H,28,32). The quantitative estimate of drug-likeness (QED) is 0.149. The zero-order chi connectivity index (χ0) is 26.0. The zero-order valence-electron chi connectivity index (χ0n) is 20.4. The molecule has 0 fully saturated rings. The van der Waals surface area contributed by atoms with Crippen molar-refractivity contribution in [1.29, 1.82) is 0 Å². The first-order valence-electron chi connectivity index (χ1n) is 11.9. The molecule has 0 bridgehead atoms. The summed E-state index contributed by atoms with van der Waals surface area (Å²) < 4.78 is 28.2. The zero-order valence-corrected chi connectivity index (χ0v) is 21.2. The number of aliphatic hydroxyl groups is 1. The van der Waals surface area contributed by atoms with Crippen LogP contribution in [0.4, 0.5) is 0 Å². The highest BCUT2D eigenvalue weighted by molar-refractivity contribution is 7.89. The lowest BCUT2D eigenvalue weighted by atomic mass is 10.1. The highest BCUT2D eigenvalue weighted by atomic mass is 32.2. The Morgan fingerprint density at radius 1 is 1.08 bits per heavy atom. The highest BCUT2D eigenvalue weighted by Crippen LogP contribution is 2.20. The Morgan fingerprint density at radius 3 is 2.56 bits per heavy atom. The van der Waals surface area contributed by atoms with Crippen LogP contribution in [-0.2, 0) is 27.8 Å². The lowest BCUT2D eigenvalue weighted by Gasteiger charge is -2.23. The van der Waals surface area contributed by atoms with Crippen molar-refractivity contribution in [2.75, 3.05) is 39.0 Å². The van der Waals surface area contributed by atoms with E-state index < -0.39 is 15.9 Å². The van der Waals surface area contributed by atoms with Crippen molar-refractivity contribution in [1.82, 2.24) is 19.7 Å². The summed E-state index contributed by atoms with van der Waals surface area (Å²) in [5.74, 6) is -0.605. The Morgan fingerprint density at radius 2 is 1.83 bits per heavy atom. The Hall–Kier alpha value is -3.02. The van der Waals surface area contributed by atoms with E-state index >= 15 is 0 Å². The summed E-state index contributed by atoms with van der Waals surface area (Å²) in [6, 6.07) is 15.2. The first-order chi connectivity index (χ1) is 17.3. The fourth-order valence-corrected chi connectivity index (χ4v) is 5.44. The van der Waals surface area contributed by atoms with Crippen LogP contribution in [0.25, 0.3) is 17.0 Å². The number of aliphatic hydroxyl groups excluding tert-OH is 1. The molecule has 10 heteroatoms. The Bertz CT molecular complexity index is 1250. The smallest absolute Gasteiger partial charge is 0.267 e. The summed E-state index contributed by atoms with van der Waals surface area (Å²) in [6.07, 6.45) is 5.75. The molecule has 0 saturated carbocycles. The topological polar surface area (TPSA) is 126 Å². The maximum atomic E-state index is 13.3. The van der Waals surface area contributed by atoms with Crippen molar-refractivity contribution < 1.29 is 23.5 Å². The van der Waals surface area contributed by atoms with Crippen LogP contribution >= 0.6 is 0 Å². The predicted molar refractivity (Wildman–Crippen MR) is 141 cm³/mol. The van der Waals surface area contributed by atoms with Gasteiger partial charge in [0.2, 0.25) is 10.0 Å². The van der Waals surface area contributed by atoms with Crippen molar-refractivity contribution >= 4 is 32.9 Å². The predicted octanol–water partition coefficient (Wildman–Crippen LogP) is 2.38. The summed E-state index contributed by atoms with van der Waals surface area (Å²) in [5, 5.41) is 18.8. The number of para-hydroxylation sites is 1. The van der Waals surface area contributed by atoms with Crippen molar-refractivity contribution in [3.05, 3.63) is 77.5 Å². The monoisotopic (exact) mass is 514 g/mol. The molecule has 2 aromatic carbocycles. The van der Waals surface area contributed by atoms with E-state index in [0.29, 0.717) is 32.5 Å². The number of nitrogens with one attached hydrogen (secondary N) is 2. The number of H-pyrrole nitrogens is 1. The molecule has 0 unspecified atom stereocenters. The first-order valence-corrected chi connectivity index (χ1v) is 13.5. The maximum absolute atomic E-state index is 13.3. The van der Waals surface area contributed by atoms with Gasteiger partial charge in [-0.3, -0.25) is 10.0 Å². The molecule has 3 aromatic rings. The summed E-state index contributed by atoms with van der Waals surface area (Å²) in [5.41, 5.74) is 5.21. The number of carbonyl (C=O) groups is 1. The van der Waals surface area contributed by atoms with Crippen LogP contribution in [0.15, 0.2) is 60.8 Å². The van der Waals surface area contributed by atoms with Crippen molar-refractivity contribution in [3.8, 4) is 0 Å². The van der Waals surface area contributed by atoms with Gasteiger partial charge in [0.25, 0.3) is 5.91 Å². The molecule has 0 atom stereocenters. The minimum Gasteiger partial charge on any atom is -0.395 e. The number of hydrogen-bond acceptors (Lipinski definition) is 6. The largest absolute Gasteiger partial charge is 0.395 e. The first kappa shape index (κ1) is 27.6. The molecule has 0 radical (unpaired) electrons. The second-order valence-electron chi connectivity index (χ2n) is 8.69. The number of hydrogen-bond donors (Lipinski definition) is 4.